The zero-order valence-corrected chi connectivity index (χ0v) is 22.8. The molecule has 40 heavy (non-hydrogen) atoms. The number of ether oxygens (including phenoxy) is 1. The lowest BCUT2D eigenvalue weighted by Crippen LogP contribution is -2.41. The van der Waals surface area contributed by atoms with Gasteiger partial charge in [0.15, 0.2) is 0 Å². The number of thiophene rings is 1. The molecule has 1 aliphatic carbocycles. The van der Waals surface area contributed by atoms with E-state index in [-0.39, 0.29) is 18.1 Å². The molecule has 0 aliphatic heterocycles. The van der Waals surface area contributed by atoms with Crippen molar-refractivity contribution in [2.24, 2.45) is 0 Å². The molecule has 5 nitrogen and oxygen atoms in total. The van der Waals surface area contributed by atoms with Gasteiger partial charge < -0.3 is 10.1 Å². The molecular weight excluding hydrogens is 514 g/mol. The molecule has 7 rings (SSSR count). The van der Waals surface area contributed by atoms with Crippen molar-refractivity contribution < 1.29 is 9.53 Å². The number of hydrogen-bond acceptors (Lipinski definition) is 4. The number of fused-ring (bicyclic) bond motifs is 3. The van der Waals surface area contributed by atoms with Crippen LogP contribution in [0.3, 0.4) is 0 Å². The summed E-state index contributed by atoms with van der Waals surface area (Å²) in [5.74, 6) is -0.130. The number of rotatable bonds is 7. The SMILES string of the molecule is O=C(N[C@H]1CCC[C@H]1OCc1ccccc1)c1cncn1-c1cccc(-c2cccc3c2sc2ccccc23)c1. The van der Waals surface area contributed by atoms with Crippen LogP contribution in [0, 0.1) is 0 Å². The predicted octanol–water partition coefficient (Wildman–Crippen LogP) is 7.77. The first-order valence-corrected chi connectivity index (χ1v) is 14.6. The summed E-state index contributed by atoms with van der Waals surface area (Å²) < 4.78 is 10.6. The highest BCUT2D eigenvalue weighted by Crippen LogP contribution is 2.40. The topological polar surface area (TPSA) is 56.1 Å². The molecule has 0 saturated heterocycles. The second-order valence-electron chi connectivity index (χ2n) is 10.3. The molecule has 1 saturated carbocycles. The number of carbonyl (C=O) groups excluding carboxylic acids is 1. The van der Waals surface area contributed by atoms with Crippen molar-refractivity contribution in [3.05, 3.63) is 121 Å². The molecule has 4 aromatic carbocycles. The Labute approximate surface area is 237 Å². The third-order valence-corrected chi connectivity index (χ3v) is 9.01. The van der Waals surface area contributed by atoms with Crippen LogP contribution in [-0.2, 0) is 11.3 Å². The summed E-state index contributed by atoms with van der Waals surface area (Å²) in [6.45, 7) is 0.551. The van der Waals surface area contributed by atoms with Crippen LogP contribution in [-0.4, -0.2) is 27.6 Å². The molecule has 1 fully saturated rings. The number of benzene rings is 4. The van der Waals surface area contributed by atoms with E-state index in [1.165, 1.54) is 25.7 Å². The molecule has 2 heterocycles. The summed E-state index contributed by atoms with van der Waals surface area (Å²) in [5.41, 5.74) is 4.87. The first kappa shape index (κ1) is 24.8. The first-order chi connectivity index (χ1) is 19.7. The molecule has 6 aromatic rings. The average molecular weight is 544 g/mol. The van der Waals surface area contributed by atoms with Gasteiger partial charge in [-0.2, -0.15) is 0 Å². The molecule has 1 N–H and O–H groups in total. The highest BCUT2D eigenvalue weighted by molar-refractivity contribution is 7.26. The fourth-order valence-electron chi connectivity index (χ4n) is 5.78. The van der Waals surface area contributed by atoms with Crippen LogP contribution >= 0.6 is 11.3 Å². The van der Waals surface area contributed by atoms with Gasteiger partial charge in [-0.1, -0.05) is 78.9 Å². The summed E-state index contributed by atoms with van der Waals surface area (Å²) in [7, 11) is 0. The molecule has 2 aromatic heterocycles. The number of imidazole rings is 1. The molecule has 0 bridgehead atoms. The molecule has 1 amide bonds. The Morgan fingerprint density at radius 3 is 2.67 bits per heavy atom. The molecule has 0 spiro atoms. The van der Waals surface area contributed by atoms with Gasteiger partial charge in [-0.05, 0) is 54.2 Å². The minimum absolute atomic E-state index is 0.00524. The maximum absolute atomic E-state index is 13.5. The first-order valence-electron chi connectivity index (χ1n) is 13.7. The van der Waals surface area contributed by atoms with Gasteiger partial charge >= 0.3 is 0 Å². The largest absolute Gasteiger partial charge is 0.371 e. The predicted molar refractivity (Wildman–Crippen MR) is 162 cm³/mol. The molecule has 1 aliphatic rings. The quantitative estimate of drug-likeness (QED) is 0.224. The van der Waals surface area contributed by atoms with Gasteiger partial charge in [0, 0.05) is 25.9 Å². The van der Waals surface area contributed by atoms with E-state index in [0.29, 0.717) is 12.3 Å². The molecular formula is C34H29N3O2S. The van der Waals surface area contributed by atoms with Crippen molar-refractivity contribution in [2.75, 3.05) is 0 Å². The Balaban J connectivity index is 1.13. The Hall–Kier alpha value is -4.26. The van der Waals surface area contributed by atoms with Crippen molar-refractivity contribution >= 4 is 37.4 Å². The van der Waals surface area contributed by atoms with Gasteiger partial charge in [-0.25, -0.2) is 4.98 Å². The lowest BCUT2D eigenvalue weighted by atomic mass is 10.0. The van der Waals surface area contributed by atoms with Crippen molar-refractivity contribution in [3.8, 4) is 16.8 Å². The van der Waals surface area contributed by atoms with E-state index in [2.05, 4.69) is 77.0 Å². The van der Waals surface area contributed by atoms with Crippen LogP contribution < -0.4 is 5.32 Å². The second-order valence-corrected chi connectivity index (χ2v) is 11.4. The lowest BCUT2D eigenvalue weighted by Gasteiger charge is -2.22. The van der Waals surface area contributed by atoms with Gasteiger partial charge in [0.2, 0.25) is 0 Å². The lowest BCUT2D eigenvalue weighted by molar-refractivity contribution is 0.0271. The number of amides is 1. The van der Waals surface area contributed by atoms with Crippen LogP contribution in [0.1, 0.15) is 35.3 Å². The van der Waals surface area contributed by atoms with Gasteiger partial charge in [0.25, 0.3) is 5.91 Å². The minimum Gasteiger partial charge on any atom is -0.371 e. The summed E-state index contributed by atoms with van der Waals surface area (Å²) in [6.07, 6.45) is 6.26. The van der Waals surface area contributed by atoms with E-state index < -0.39 is 0 Å². The average Bonchev–Trinajstić information content (AvgIpc) is 3.75. The standard InChI is InChI=1S/C34H29N3O2S/c38-34(36-29-16-8-17-31(29)39-21-23-9-2-1-3-10-23)30-20-35-22-37(30)25-12-6-11-24(19-25)26-14-7-15-28-27-13-4-5-18-32(27)40-33(26)28/h1-7,9-15,18-20,22,29,31H,8,16-17,21H2,(H,36,38)/t29-,31+/m0/s1. The zero-order chi connectivity index (χ0) is 26.9. The number of carbonyl (C=O) groups is 1. The number of hydrogen-bond donors (Lipinski definition) is 1. The Morgan fingerprint density at radius 1 is 0.925 bits per heavy atom. The molecule has 198 valence electrons. The van der Waals surface area contributed by atoms with Crippen molar-refractivity contribution in [1.29, 1.82) is 0 Å². The summed E-state index contributed by atoms with van der Waals surface area (Å²) in [4.78, 5) is 17.8. The normalized spacial score (nSPS) is 17.0. The third kappa shape index (κ3) is 4.70. The van der Waals surface area contributed by atoms with Crippen LogP contribution in [0.2, 0.25) is 0 Å². The summed E-state index contributed by atoms with van der Waals surface area (Å²) in [5, 5.41) is 5.79. The van der Waals surface area contributed by atoms with E-state index in [0.717, 1.165) is 36.1 Å². The van der Waals surface area contributed by atoms with Crippen LogP contribution in [0.4, 0.5) is 0 Å². The number of aromatic nitrogens is 2. The fraction of sp³-hybridized carbons (Fsp3) is 0.176. The highest BCUT2D eigenvalue weighted by atomic mass is 32.1. The fourth-order valence-corrected chi connectivity index (χ4v) is 7.02. The van der Waals surface area contributed by atoms with Crippen molar-refractivity contribution in [2.45, 2.75) is 38.0 Å². The monoisotopic (exact) mass is 543 g/mol. The van der Waals surface area contributed by atoms with Crippen LogP contribution in [0.25, 0.3) is 37.0 Å². The summed E-state index contributed by atoms with van der Waals surface area (Å²) >= 11 is 1.82. The number of nitrogens with one attached hydrogen (secondary N) is 1. The van der Waals surface area contributed by atoms with E-state index in [4.69, 9.17) is 4.74 Å². The Bertz CT molecular complexity index is 1810. The second kappa shape index (κ2) is 10.7. The van der Waals surface area contributed by atoms with Gasteiger partial charge in [0.1, 0.15) is 5.69 Å². The summed E-state index contributed by atoms with van der Waals surface area (Å²) in [6, 6.07) is 33.5. The molecule has 0 radical (unpaired) electrons. The van der Waals surface area contributed by atoms with E-state index in [1.54, 1.807) is 12.5 Å². The van der Waals surface area contributed by atoms with Crippen LogP contribution in [0.5, 0.6) is 0 Å². The smallest absolute Gasteiger partial charge is 0.270 e. The maximum Gasteiger partial charge on any atom is 0.270 e. The minimum atomic E-state index is -0.130. The van der Waals surface area contributed by atoms with E-state index >= 15 is 0 Å². The van der Waals surface area contributed by atoms with Gasteiger partial charge in [0.05, 0.1) is 31.3 Å². The van der Waals surface area contributed by atoms with E-state index in [9.17, 15) is 4.79 Å². The molecule has 6 heteroatoms. The maximum atomic E-state index is 13.5. The van der Waals surface area contributed by atoms with Gasteiger partial charge in [-0.3, -0.25) is 9.36 Å². The van der Waals surface area contributed by atoms with Crippen molar-refractivity contribution in [3.63, 3.8) is 0 Å². The Kier molecular flexibility index (Phi) is 6.63. The molecule has 0 unspecified atom stereocenters. The zero-order valence-electron chi connectivity index (χ0n) is 22.0. The van der Waals surface area contributed by atoms with Gasteiger partial charge in [-0.15, -0.1) is 11.3 Å². The third-order valence-electron chi connectivity index (χ3n) is 7.79. The number of nitrogens with zero attached hydrogens (tertiary/aromatic N) is 2. The Morgan fingerprint density at radius 2 is 1.75 bits per heavy atom. The molecule has 2 atom stereocenters. The van der Waals surface area contributed by atoms with Crippen LogP contribution in [0.15, 0.2) is 110 Å². The van der Waals surface area contributed by atoms with Crippen molar-refractivity contribution in [1.82, 2.24) is 14.9 Å². The highest BCUT2D eigenvalue weighted by Gasteiger charge is 2.30. The van der Waals surface area contributed by atoms with E-state index in [1.807, 2.05) is 46.2 Å².